The fourth-order valence-corrected chi connectivity index (χ4v) is 3.28. The van der Waals surface area contributed by atoms with Gasteiger partial charge in [0.15, 0.2) is 0 Å². The SMILES string of the molecule is CCN(CC(Cl)=CCl)C1CC2CCC(C1)N2. The third kappa shape index (κ3) is 2.92. The summed E-state index contributed by atoms with van der Waals surface area (Å²) in [6.07, 6.45) is 5.21. The summed E-state index contributed by atoms with van der Waals surface area (Å²) in [5, 5.41) is 4.41. The van der Waals surface area contributed by atoms with Gasteiger partial charge < -0.3 is 5.32 Å². The Balaban J connectivity index is 1.94. The summed E-state index contributed by atoms with van der Waals surface area (Å²) in [4.78, 5) is 2.45. The van der Waals surface area contributed by atoms with Crippen LogP contribution in [-0.2, 0) is 0 Å². The van der Waals surface area contributed by atoms with E-state index in [4.69, 9.17) is 23.2 Å². The highest BCUT2D eigenvalue weighted by Gasteiger charge is 2.35. The summed E-state index contributed by atoms with van der Waals surface area (Å²) in [5.74, 6) is 0. The van der Waals surface area contributed by atoms with Crippen LogP contribution in [0.4, 0.5) is 0 Å². The minimum absolute atomic E-state index is 0.675. The van der Waals surface area contributed by atoms with Crippen LogP contribution in [0.3, 0.4) is 0 Å². The zero-order valence-electron chi connectivity index (χ0n) is 9.76. The molecule has 0 radical (unpaired) electrons. The Bertz CT molecular complexity index is 256. The lowest BCUT2D eigenvalue weighted by Crippen LogP contribution is -2.48. The van der Waals surface area contributed by atoms with Crippen LogP contribution in [0.15, 0.2) is 10.6 Å². The molecule has 0 amide bonds. The van der Waals surface area contributed by atoms with E-state index in [1.54, 1.807) is 0 Å². The molecule has 0 aromatic rings. The Kier molecular flexibility index (Phi) is 4.54. The van der Waals surface area contributed by atoms with Gasteiger partial charge in [0.1, 0.15) is 0 Å². The number of nitrogens with one attached hydrogen (secondary N) is 1. The molecule has 2 fully saturated rings. The predicted molar refractivity (Wildman–Crippen MR) is 70.0 cm³/mol. The number of rotatable bonds is 4. The van der Waals surface area contributed by atoms with Gasteiger partial charge in [-0.15, -0.1) is 0 Å². The molecule has 4 heteroatoms. The van der Waals surface area contributed by atoms with Crippen molar-refractivity contribution < 1.29 is 0 Å². The molecule has 0 spiro atoms. The summed E-state index contributed by atoms with van der Waals surface area (Å²) in [6, 6.07) is 2.14. The second-order valence-corrected chi connectivity index (χ2v) is 5.59. The number of halogens is 2. The van der Waals surface area contributed by atoms with Crippen molar-refractivity contribution in [2.45, 2.75) is 50.7 Å². The van der Waals surface area contributed by atoms with Crippen molar-refractivity contribution in [3.05, 3.63) is 10.6 Å². The summed E-state index contributed by atoms with van der Waals surface area (Å²) >= 11 is 11.6. The largest absolute Gasteiger partial charge is 0.311 e. The van der Waals surface area contributed by atoms with Crippen LogP contribution in [0.5, 0.6) is 0 Å². The van der Waals surface area contributed by atoms with Crippen LogP contribution in [0.1, 0.15) is 32.6 Å². The first-order chi connectivity index (χ1) is 7.72. The topological polar surface area (TPSA) is 15.3 Å². The zero-order chi connectivity index (χ0) is 11.5. The molecule has 0 aromatic carbocycles. The van der Waals surface area contributed by atoms with Crippen LogP contribution in [0.2, 0.25) is 0 Å². The monoisotopic (exact) mass is 262 g/mol. The molecule has 2 atom stereocenters. The summed E-state index contributed by atoms with van der Waals surface area (Å²) in [5.41, 5.74) is 1.49. The van der Waals surface area contributed by atoms with Crippen molar-refractivity contribution >= 4 is 23.2 Å². The summed E-state index contributed by atoms with van der Waals surface area (Å²) < 4.78 is 0. The lowest BCUT2D eigenvalue weighted by Gasteiger charge is -2.37. The number of nitrogens with zero attached hydrogens (tertiary/aromatic N) is 1. The lowest BCUT2D eigenvalue weighted by molar-refractivity contribution is 0.161. The van der Waals surface area contributed by atoms with Gasteiger partial charge in [-0.2, -0.15) is 0 Å². The fourth-order valence-electron chi connectivity index (χ4n) is 3.05. The highest BCUT2D eigenvalue weighted by atomic mass is 35.5. The van der Waals surface area contributed by atoms with Gasteiger partial charge in [-0.05, 0) is 32.2 Å². The van der Waals surface area contributed by atoms with Gasteiger partial charge in [0.05, 0.1) is 0 Å². The average Bonchev–Trinajstić information content (AvgIpc) is 2.64. The first-order valence-corrected chi connectivity index (χ1v) is 6.99. The predicted octanol–water partition coefficient (Wildman–Crippen LogP) is 2.91. The molecule has 2 nitrogen and oxygen atoms in total. The number of hydrogen-bond donors (Lipinski definition) is 1. The maximum absolute atomic E-state index is 6.02. The first kappa shape index (κ1) is 12.7. The average molecular weight is 263 g/mol. The molecule has 0 aliphatic carbocycles. The molecular weight excluding hydrogens is 243 g/mol. The third-order valence-electron chi connectivity index (χ3n) is 3.84. The van der Waals surface area contributed by atoms with Crippen LogP contribution in [0, 0.1) is 0 Å². The van der Waals surface area contributed by atoms with Gasteiger partial charge in [0, 0.05) is 35.2 Å². The highest BCUT2D eigenvalue weighted by Crippen LogP contribution is 2.30. The Morgan fingerprint density at radius 3 is 2.50 bits per heavy atom. The molecular formula is C12H20Cl2N2. The second kappa shape index (κ2) is 5.72. The molecule has 2 bridgehead atoms. The highest BCUT2D eigenvalue weighted by molar-refractivity contribution is 6.36. The maximum Gasteiger partial charge on any atom is 0.0434 e. The van der Waals surface area contributed by atoms with E-state index >= 15 is 0 Å². The van der Waals surface area contributed by atoms with E-state index < -0.39 is 0 Å². The lowest BCUT2D eigenvalue weighted by atomic mass is 9.98. The summed E-state index contributed by atoms with van der Waals surface area (Å²) in [6.45, 7) is 4.04. The Labute approximate surface area is 108 Å². The maximum atomic E-state index is 6.02. The Morgan fingerprint density at radius 2 is 2.00 bits per heavy atom. The molecule has 2 saturated heterocycles. The summed E-state index contributed by atoms with van der Waals surface area (Å²) in [7, 11) is 0. The van der Waals surface area contributed by atoms with E-state index in [1.165, 1.54) is 31.2 Å². The van der Waals surface area contributed by atoms with Gasteiger partial charge in [0.25, 0.3) is 0 Å². The molecule has 0 aromatic heterocycles. The van der Waals surface area contributed by atoms with Crippen LogP contribution < -0.4 is 5.32 Å². The van der Waals surface area contributed by atoms with E-state index in [0.717, 1.165) is 30.2 Å². The Hall–Kier alpha value is 0.240. The third-order valence-corrected chi connectivity index (χ3v) is 4.45. The molecule has 2 aliphatic rings. The minimum atomic E-state index is 0.675. The van der Waals surface area contributed by atoms with Gasteiger partial charge in [-0.25, -0.2) is 0 Å². The molecule has 2 heterocycles. The van der Waals surface area contributed by atoms with Crippen molar-refractivity contribution in [3.63, 3.8) is 0 Å². The van der Waals surface area contributed by atoms with Crippen molar-refractivity contribution in [1.29, 1.82) is 0 Å². The van der Waals surface area contributed by atoms with Gasteiger partial charge in [-0.3, -0.25) is 4.90 Å². The van der Waals surface area contributed by atoms with Crippen molar-refractivity contribution in [2.75, 3.05) is 13.1 Å². The fraction of sp³-hybridized carbons (Fsp3) is 0.833. The quantitative estimate of drug-likeness (QED) is 0.839. The van der Waals surface area contributed by atoms with Crippen molar-refractivity contribution in [3.8, 4) is 0 Å². The van der Waals surface area contributed by atoms with E-state index in [0.29, 0.717) is 6.04 Å². The smallest absolute Gasteiger partial charge is 0.0434 e. The molecule has 2 aliphatic heterocycles. The normalized spacial score (nSPS) is 34.8. The van der Waals surface area contributed by atoms with Gasteiger partial charge >= 0.3 is 0 Å². The van der Waals surface area contributed by atoms with E-state index in [2.05, 4.69) is 17.1 Å². The van der Waals surface area contributed by atoms with E-state index in [9.17, 15) is 0 Å². The minimum Gasteiger partial charge on any atom is -0.311 e. The molecule has 2 rings (SSSR count). The zero-order valence-corrected chi connectivity index (χ0v) is 11.3. The van der Waals surface area contributed by atoms with Crippen LogP contribution in [-0.4, -0.2) is 36.1 Å². The molecule has 0 saturated carbocycles. The van der Waals surface area contributed by atoms with Crippen LogP contribution in [0.25, 0.3) is 0 Å². The number of piperidine rings is 1. The van der Waals surface area contributed by atoms with Crippen LogP contribution >= 0.6 is 23.2 Å². The van der Waals surface area contributed by atoms with Gasteiger partial charge in [0.2, 0.25) is 0 Å². The van der Waals surface area contributed by atoms with Gasteiger partial charge in [-0.1, -0.05) is 30.1 Å². The molecule has 92 valence electrons. The molecule has 1 N–H and O–H groups in total. The molecule has 16 heavy (non-hydrogen) atoms. The second-order valence-electron chi connectivity index (χ2n) is 4.88. The standard InChI is InChI=1S/C12H20Cl2N2/c1-2-16(8-9(14)7-13)12-5-10-3-4-11(6-12)15-10/h7,10-12,15H,2-6,8H2,1H3. The number of likely N-dealkylation sites (N-methyl/N-ethyl adjacent to an activating group) is 1. The Morgan fingerprint density at radius 1 is 1.38 bits per heavy atom. The first-order valence-electron chi connectivity index (χ1n) is 6.17. The number of hydrogen-bond acceptors (Lipinski definition) is 2. The van der Waals surface area contributed by atoms with E-state index in [1.807, 2.05) is 0 Å². The van der Waals surface area contributed by atoms with E-state index in [-0.39, 0.29) is 0 Å². The molecule has 2 unspecified atom stereocenters. The van der Waals surface area contributed by atoms with Crippen molar-refractivity contribution in [1.82, 2.24) is 10.2 Å². The number of fused-ring (bicyclic) bond motifs is 2. The van der Waals surface area contributed by atoms with Crippen molar-refractivity contribution in [2.24, 2.45) is 0 Å².